The number of aliphatic hydroxyl groups excluding tert-OH is 1. The van der Waals surface area contributed by atoms with Crippen LogP contribution in [-0.2, 0) is 10.0 Å². The number of aliphatic hydroxyl groups is 1. The minimum atomic E-state index is -3.80. The molecule has 5 nitrogen and oxygen atoms in total. The molecule has 4 N–H and O–H groups in total. The Morgan fingerprint density at radius 1 is 1.30 bits per heavy atom. The van der Waals surface area contributed by atoms with Crippen molar-refractivity contribution in [3.8, 4) is 0 Å². The van der Waals surface area contributed by atoms with Crippen LogP contribution >= 0.6 is 0 Å². The van der Waals surface area contributed by atoms with Crippen LogP contribution in [-0.4, -0.2) is 26.2 Å². The summed E-state index contributed by atoms with van der Waals surface area (Å²) >= 11 is 0. The van der Waals surface area contributed by atoms with Gasteiger partial charge in [-0.25, -0.2) is 17.5 Å². The van der Waals surface area contributed by atoms with Gasteiger partial charge in [0.15, 0.2) is 0 Å². The van der Waals surface area contributed by atoms with Crippen molar-refractivity contribution in [3.05, 3.63) is 24.0 Å². The quantitative estimate of drug-likeness (QED) is 0.730. The number of nitrogens with one attached hydrogen (secondary N) is 1. The zero-order chi connectivity index (χ0) is 14.8. The van der Waals surface area contributed by atoms with Crippen molar-refractivity contribution in [1.82, 2.24) is 4.72 Å². The van der Waals surface area contributed by atoms with Gasteiger partial charge in [-0.3, -0.25) is 0 Å². The van der Waals surface area contributed by atoms with Crippen LogP contribution in [0.4, 0.5) is 10.1 Å². The first-order valence-corrected chi connectivity index (χ1v) is 8.09. The number of hydrogen-bond donors (Lipinski definition) is 3. The highest BCUT2D eigenvalue weighted by atomic mass is 32.2. The Bertz CT molecular complexity index is 569. The molecule has 0 aromatic heterocycles. The van der Waals surface area contributed by atoms with Crippen LogP contribution in [0.15, 0.2) is 23.1 Å². The third kappa shape index (κ3) is 3.68. The lowest BCUT2D eigenvalue weighted by atomic mass is 9.88. The van der Waals surface area contributed by atoms with Gasteiger partial charge < -0.3 is 10.8 Å². The lowest BCUT2D eigenvalue weighted by Gasteiger charge is -2.25. The molecule has 0 atom stereocenters. The Morgan fingerprint density at radius 2 is 1.95 bits per heavy atom. The summed E-state index contributed by atoms with van der Waals surface area (Å²) in [6.45, 7) is 0.283. The largest absolute Gasteiger partial charge is 0.398 e. The van der Waals surface area contributed by atoms with E-state index in [1.165, 1.54) is 6.07 Å². The average molecular weight is 302 g/mol. The van der Waals surface area contributed by atoms with E-state index in [4.69, 9.17) is 5.73 Å². The van der Waals surface area contributed by atoms with Crippen LogP contribution in [0.2, 0.25) is 0 Å². The lowest BCUT2D eigenvalue weighted by molar-refractivity contribution is 0.109. The van der Waals surface area contributed by atoms with Gasteiger partial charge in [-0.2, -0.15) is 0 Å². The first-order chi connectivity index (χ1) is 9.38. The third-order valence-electron chi connectivity index (χ3n) is 3.64. The summed E-state index contributed by atoms with van der Waals surface area (Å²) < 4.78 is 39.8. The van der Waals surface area contributed by atoms with E-state index in [9.17, 15) is 17.9 Å². The molecule has 0 saturated heterocycles. The Labute approximate surface area is 118 Å². The number of nitrogens with two attached hydrogens (primary N) is 1. The molecule has 0 bridgehead atoms. The van der Waals surface area contributed by atoms with Crippen molar-refractivity contribution in [2.75, 3.05) is 12.3 Å². The van der Waals surface area contributed by atoms with Crippen molar-refractivity contribution in [2.24, 2.45) is 5.92 Å². The molecule has 0 heterocycles. The molecule has 1 aliphatic carbocycles. The number of rotatable bonds is 4. The number of nitrogen functional groups attached to an aromatic ring is 1. The summed E-state index contributed by atoms with van der Waals surface area (Å²) in [7, 11) is -3.80. The molecular formula is C13H19FN2O3S. The molecule has 1 fully saturated rings. The van der Waals surface area contributed by atoms with Crippen molar-refractivity contribution in [2.45, 2.75) is 36.7 Å². The number of sulfonamides is 1. The van der Waals surface area contributed by atoms with Gasteiger partial charge >= 0.3 is 0 Å². The molecule has 0 aliphatic heterocycles. The van der Waals surface area contributed by atoms with E-state index >= 15 is 0 Å². The molecule has 2 rings (SSSR count). The summed E-state index contributed by atoms with van der Waals surface area (Å²) in [5.74, 6) is -0.441. The van der Waals surface area contributed by atoms with Gasteiger partial charge in [0.2, 0.25) is 10.0 Å². The molecule has 112 valence electrons. The fourth-order valence-corrected chi connectivity index (χ4v) is 3.65. The number of anilines is 1. The van der Waals surface area contributed by atoms with E-state index < -0.39 is 15.8 Å². The first-order valence-electron chi connectivity index (χ1n) is 6.61. The van der Waals surface area contributed by atoms with E-state index in [1.807, 2.05) is 0 Å². The second-order valence-corrected chi connectivity index (χ2v) is 6.94. The van der Waals surface area contributed by atoms with Crippen molar-refractivity contribution in [3.63, 3.8) is 0 Å². The molecule has 0 radical (unpaired) electrons. The van der Waals surface area contributed by atoms with E-state index in [0.29, 0.717) is 12.8 Å². The van der Waals surface area contributed by atoms with Gasteiger partial charge in [0.1, 0.15) is 10.7 Å². The van der Waals surface area contributed by atoms with Crippen LogP contribution in [0.25, 0.3) is 0 Å². The van der Waals surface area contributed by atoms with E-state index in [-0.39, 0.29) is 29.1 Å². The van der Waals surface area contributed by atoms with Crippen LogP contribution in [0.5, 0.6) is 0 Å². The summed E-state index contributed by atoms with van der Waals surface area (Å²) in [4.78, 5) is -0.228. The second kappa shape index (κ2) is 6.07. The highest BCUT2D eigenvalue weighted by molar-refractivity contribution is 7.89. The highest BCUT2D eigenvalue weighted by Crippen LogP contribution is 2.25. The van der Waals surface area contributed by atoms with Crippen LogP contribution in [0, 0.1) is 11.7 Å². The first kappa shape index (κ1) is 15.2. The van der Waals surface area contributed by atoms with Crippen molar-refractivity contribution < 1.29 is 17.9 Å². The van der Waals surface area contributed by atoms with Gasteiger partial charge in [0.25, 0.3) is 0 Å². The smallest absolute Gasteiger partial charge is 0.242 e. The zero-order valence-corrected chi connectivity index (χ0v) is 11.9. The maximum absolute atomic E-state index is 13.1. The Hall–Kier alpha value is -1.18. The Kier molecular flexibility index (Phi) is 4.62. The molecule has 0 spiro atoms. The van der Waals surface area contributed by atoms with Crippen molar-refractivity contribution >= 4 is 15.7 Å². The molecule has 7 heteroatoms. The normalized spacial score (nSPS) is 23.7. The fraction of sp³-hybridized carbons (Fsp3) is 0.538. The monoisotopic (exact) mass is 302 g/mol. The molecule has 1 aromatic rings. The van der Waals surface area contributed by atoms with Gasteiger partial charge in [-0.15, -0.1) is 0 Å². The van der Waals surface area contributed by atoms with Gasteiger partial charge in [0.05, 0.1) is 11.8 Å². The standard InChI is InChI=1S/C13H19FN2O3S/c14-10-3-6-12(15)13(7-10)20(18,19)16-8-9-1-4-11(17)5-2-9/h3,6-7,9,11,16-17H,1-2,4-5,8,15H2. The lowest BCUT2D eigenvalue weighted by Crippen LogP contribution is -2.32. The molecule has 20 heavy (non-hydrogen) atoms. The second-order valence-electron chi connectivity index (χ2n) is 5.21. The average Bonchev–Trinajstić information content (AvgIpc) is 2.41. The molecule has 1 saturated carbocycles. The fourth-order valence-electron chi connectivity index (χ4n) is 2.40. The summed E-state index contributed by atoms with van der Waals surface area (Å²) in [5.41, 5.74) is 5.61. The van der Waals surface area contributed by atoms with Crippen LogP contribution in [0.1, 0.15) is 25.7 Å². The van der Waals surface area contributed by atoms with Gasteiger partial charge in [0, 0.05) is 6.54 Å². The summed E-state index contributed by atoms with van der Waals surface area (Å²) in [5, 5.41) is 9.40. The summed E-state index contributed by atoms with van der Waals surface area (Å²) in [6.07, 6.45) is 2.66. The molecule has 0 unspecified atom stereocenters. The molecular weight excluding hydrogens is 283 g/mol. The molecule has 0 amide bonds. The maximum Gasteiger partial charge on any atom is 0.242 e. The van der Waals surface area contributed by atoms with Crippen molar-refractivity contribution in [1.29, 1.82) is 0 Å². The number of hydrogen-bond acceptors (Lipinski definition) is 4. The van der Waals surface area contributed by atoms with Crippen LogP contribution < -0.4 is 10.5 Å². The third-order valence-corrected chi connectivity index (χ3v) is 5.12. The van der Waals surface area contributed by atoms with Gasteiger partial charge in [-0.1, -0.05) is 0 Å². The van der Waals surface area contributed by atoms with Gasteiger partial charge in [-0.05, 0) is 49.8 Å². The van der Waals surface area contributed by atoms with E-state index in [0.717, 1.165) is 25.0 Å². The number of benzene rings is 1. The number of halogens is 1. The van der Waals surface area contributed by atoms with E-state index in [2.05, 4.69) is 4.72 Å². The van der Waals surface area contributed by atoms with E-state index in [1.54, 1.807) is 0 Å². The predicted molar refractivity (Wildman–Crippen MR) is 74.0 cm³/mol. The molecule has 1 aromatic carbocycles. The maximum atomic E-state index is 13.1. The zero-order valence-electron chi connectivity index (χ0n) is 11.0. The highest BCUT2D eigenvalue weighted by Gasteiger charge is 2.23. The van der Waals surface area contributed by atoms with Crippen LogP contribution in [0.3, 0.4) is 0 Å². The Morgan fingerprint density at radius 3 is 2.60 bits per heavy atom. The molecule has 1 aliphatic rings. The summed E-state index contributed by atoms with van der Waals surface area (Å²) in [6, 6.07) is 3.28. The predicted octanol–water partition coefficient (Wildman–Crippen LogP) is 1.24. The minimum absolute atomic E-state index is 0.0259. The SMILES string of the molecule is Nc1ccc(F)cc1S(=O)(=O)NCC1CCC(O)CC1. The minimum Gasteiger partial charge on any atom is -0.398 e. The topological polar surface area (TPSA) is 92.4 Å². The Balaban J connectivity index is 2.02.